The minimum atomic E-state index is -3.07. The predicted octanol–water partition coefficient (Wildman–Crippen LogP) is 2.21. The Labute approximate surface area is 167 Å². The Hall–Kier alpha value is -1.31. The summed E-state index contributed by atoms with van der Waals surface area (Å²) in [5, 5.41) is 7.63. The van der Waals surface area contributed by atoms with Gasteiger partial charge in [0.05, 0.1) is 6.26 Å². The highest BCUT2D eigenvalue weighted by molar-refractivity contribution is 7.88. The van der Waals surface area contributed by atoms with Gasteiger partial charge >= 0.3 is 0 Å². The maximum atomic E-state index is 11.6. The van der Waals surface area contributed by atoms with Gasteiger partial charge < -0.3 is 10.6 Å². The van der Waals surface area contributed by atoms with Crippen molar-refractivity contribution in [2.75, 3.05) is 39.5 Å². The van der Waals surface area contributed by atoms with Gasteiger partial charge in [-0.25, -0.2) is 12.7 Å². The smallest absolute Gasteiger partial charge is 0.211 e. The van der Waals surface area contributed by atoms with E-state index in [4.69, 9.17) is 11.6 Å². The zero-order valence-corrected chi connectivity index (χ0v) is 17.6. The van der Waals surface area contributed by atoms with E-state index in [1.54, 1.807) is 11.4 Å². The Morgan fingerprint density at radius 1 is 1.30 bits per heavy atom. The molecule has 1 saturated carbocycles. The molecule has 2 aliphatic rings. The number of nitrogens with zero attached hydrogens (tertiary/aromatic N) is 2. The SMILES string of the molecule is CN=C(NCC1CCN(S(C)(=O)=O)CC1)NCC1(c2cccc(Cl)c2)CC1. The first-order valence-electron chi connectivity index (χ1n) is 9.48. The lowest BCUT2D eigenvalue weighted by molar-refractivity contribution is 0.275. The van der Waals surface area contributed by atoms with Gasteiger partial charge in [0.15, 0.2) is 5.96 Å². The molecule has 6 nitrogen and oxygen atoms in total. The van der Waals surface area contributed by atoms with E-state index in [-0.39, 0.29) is 5.41 Å². The molecule has 1 aromatic carbocycles. The first kappa shape index (κ1) is 20.4. The van der Waals surface area contributed by atoms with E-state index in [2.05, 4.69) is 27.8 Å². The average molecular weight is 413 g/mol. The van der Waals surface area contributed by atoms with Gasteiger partial charge in [-0.05, 0) is 49.3 Å². The van der Waals surface area contributed by atoms with Crippen LogP contribution < -0.4 is 10.6 Å². The van der Waals surface area contributed by atoms with Crippen LogP contribution in [0.4, 0.5) is 0 Å². The lowest BCUT2D eigenvalue weighted by atomic mass is 9.96. The molecule has 3 rings (SSSR count). The Morgan fingerprint density at radius 3 is 2.56 bits per heavy atom. The van der Waals surface area contributed by atoms with Crippen LogP contribution in [0.1, 0.15) is 31.2 Å². The molecular formula is C19H29ClN4O2S. The Kier molecular flexibility index (Phi) is 6.33. The van der Waals surface area contributed by atoms with Crippen LogP contribution in [0.15, 0.2) is 29.3 Å². The highest BCUT2D eigenvalue weighted by Gasteiger charge is 2.44. The molecule has 2 N–H and O–H groups in total. The van der Waals surface area contributed by atoms with Crippen molar-refractivity contribution in [2.24, 2.45) is 10.9 Å². The van der Waals surface area contributed by atoms with E-state index < -0.39 is 10.0 Å². The van der Waals surface area contributed by atoms with Crippen LogP contribution in [-0.2, 0) is 15.4 Å². The number of benzene rings is 1. The number of hydrogen-bond donors (Lipinski definition) is 2. The van der Waals surface area contributed by atoms with Crippen molar-refractivity contribution in [3.63, 3.8) is 0 Å². The molecule has 1 heterocycles. The molecule has 1 aliphatic carbocycles. The van der Waals surface area contributed by atoms with Gasteiger partial charge in [0.1, 0.15) is 0 Å². The standard InChI is InChI=1S/C19H29ClN4O2S/c1-21-18(22-13-15-6-10-24(11-7-15)27(2,25)26)23-14-19(8-9-19)16-4-3-5-17(20)12-16/h3-5,12,15H,6-11,13-14H2,1-2H3,(H2,21,22,23). The lowest BCUT2D eigenvalue weighted by Crippen LogP contribution is -2.45. The maximum absolute atomic E-state index is 11.6. The highest BCUT2D eigenvalue weighted by Crippen LogP contribution is 2.48. The number of rotatable bonds is 6. The topological polar surface area (TPSA) is 73.8 Å². The van der Waals surface area contributed by atoms with Crippen LogP contribution in [0.3, 0.4) is 0 Å². The first-order valence-corrected chi connectivity index (χ1v) is 11.7. The second-order valence-corrected chi connectivity index (χ2v) is 10.1. The van der Waals surface area contributed by atoms with E-state index >= 15 is 0 Å². The number of guanidine groups is 1. The van der Waals surface area contributed by atoms with Gasteiger partial charge in [-0.2, -0.15) is 0 Å². The number of hydrogen-bond acceptors (Lipinski definition) is 3. The fourth-order valence-corrected chi connectivity index (χ4v) is 4.76. The Morgan fingerprint density at radius 2 is 2.00 bits per heavy atom. The highest BCUT2D eigenvalue weighted by atomic mass is 35.5. The molecule has 0 spiro atoms. The molecule has 1 aromatic rings. The van der Waals surface area contributed by atoms with Crippen molar-refractivity contribution in [1.82, 2.24) is 14.9 Å². The van der Waals surface area contributed by atoms with Crippen LogP contribution in [-0.4, -0.2) is 58.2 Å². The average Bonchev–Trinajstić information content (AvgIpc) is 3.43. The Balaban J connectivity index is 1.46. The zero-order valence-electron chi connectivity index (χ0n) is 16.0. The van der Waals surface area contributed by atoms with Crippen LogP contribution in [0, 0.1) is 5.92 Å². The number of sulfonamides is 1. The summed E-state index contributed by atoms with van der Waals surface area (Å²) in [6.07, 6.45) is 5.35. The summed E-state index contributed by atoms with van der Waals surface area (Å²) in [5.74, 6) is 1.26. The minimum Gasteiger partial charge on any atom is -0.356 e. The molecule has 0 bridgehead atoms. The van der Waals surface area contributed by atoms with Crippen LogP contribution >= 0.6 is 11.6 Å². The summed E-state index contributed by atoms with van der Waals surface area (Å²) in [6, 6.07) is 8.12. The number of nitrogens with one attached hydrogen (secondary N) is 2. The van der Waals surface area contributed by atoms with Crippen molar-refractivity contribution in [3.8, 4) is 0 Å². The second kappa shape index (κ2) is 8.37. The van der Waals surface area contributed by atoms with Gasteiger partial charge in [-0.3, -0.25) is 4.99 Å². The fraction of sp³-hybridized carbons (Fsp3) is 0.632. The van der Waals surface area contributed by atoms with Gasteiger partial charge in [0, 0.05) is 43.7 Å². The summed E-state index contributed by atoms with van der Waals surface area (Å²) in [6.45, 7) is 2.85. The second-order valence-electron chi connectivity index (χ2n) is 7.70. The molecule has 1 saturated heterocycles. The quantitative estimate of drug-likeness (QED) is 0.555. The molecular weight excluding hydrogens is 384 g/mol. The molecule has 0 aromatic heterocycles. The lowest BCUT2D eigenvalue weighted by Gasteiger charge is -2.30. The van der Waals surface area contributed by atoms with Gasteiger partial charge in [-0.1, -0.05) is 23.7 Å². The summed E-state index contributed by atoms with van der Waals surface area (Å²) < 4.78 is 24.8. The van der Waals surface area contributed by atoms with Crippen molar-refractivity contribution < 1.29 is 8.42 Å². The summed E-state index contributed by atoms with van der Waals surface area (Å²) in [4.78, 5) is 4.33. The molecule has 0 atom stereocenters. The largest absolute Gasteiger partial charge is 0.356 e. The first-order chi connectivity index (χ1) is 12.8. The van der Waals surface area contributed by atoms with Crippen molar-refractivity contribution in [1.29, 1.82) is 0 Å². The third kappa shape index (κ3) is 5.36. The number of halogens is 1. The van der Waals surface area contributed by atoms with Crippen molar-refractivity contribution >= 4 is 27.6 Å². The molecule has 0 radical (unpaired) electrons. The monoisotopic (exact) mass is 412 g/mol. The van der Waals surface area contributed by atoms with E-state index in [9.17, 15) is 8.42 Å². The van der Waals surface area contributed by atoms with Crippen molar-refractivity contribution in [3.05, 3.63) is 34.9 Å². The maximum Gasteiger partial charge on any atom is 0.211 e. The summed E-state index contributed by atoms with van der Waals surface area (Å²) in [7, 11) is -1.29. The minimum absolute atomic E-state index is 0.156. The van der Waals surface area contributed by atoms with E-state index in [1.807, 2.05) is 12.1 Å². The third-order valence-electron chi connectivity index (χ3n) is 5.71. The molecule has 1 aliphatic heterocycles. The molecule has 0 amide bonds. The van der Waals surface area contributed by atoms with Gasteiger partial charge in [0.2, 0.25) is 10.0 Å². The van der Waals surface area contributed by atoms with Gasteiger partial charge in [0.25, 0.3) is 0 Å². The molecule has 2 fully saturated rings. The molecule has 8 heteroatoms. The van der Waals surface area contributed by atoms with E-state index in [0.29, 0.717) is 19.0 Å². The fourth-order valence-electron chi connectivity index (χ4n) is 3.70. The van der Waals surface area contributed by atoms with E-state index in [0.717, 1.165) is 49.8 Å². The van der Waals surface area contributed by atoms with Crippen LogP contribution in [0.5, 0.6) is 0 Å². The normalized spacial score (nSPS) is 21.1. The van der Waals surface area contributed by atoms with Gasteiger partial charge in [-0.15, -0.1) is 0 Å². The summed E-state index contributed by atoms with van der Waals surface area (Å²) >= 11 is 6.15. The number of aliphatic imine (C=N–C) groups is 1. The molecule has 0 unspecified atom stereocenters. The molecule has 27 heavy (non-hydrogen) atoms. The molecule has 150 valence electrons. The summed E-state index contributed by atoms with van der Waals surface area (Å²) in [5.41, 5.74) is 1.44. The zero-order chi connectivity index (χ0) is 19.5. The van der Waals surface area contributed by atoms with Crippen LogP contribution in [0.25, 0.3) is 0 Å². The Bertz CT molecular complexity index is 785. The van der Waals surface area contributed by atoms with E-state index in [1.165, 1.54) is 11.8 Å². The number of piperidine rings is 1. The third-order valence-corrected chi connectivity index (χ3v) is 7.25. The van der Waals surface area contributed by atoms with Crippen molar-refractivity contribution in [2.45, 2.75) is 31.1 Å². The predicted molar refractivity (Wildman–Crippen MR) is 111 cm³/mol. The van der Waals surface area contributed by atoms with Crippen LogP contribution in [0.2, 0.25) is 5.02 Å².